The van der Waals surface area contributed by atoms with Crippen molar-refractivity contribution in [3.8, 4) is 0 Å². The molecule has 0 amide bonds. The van der Waals surface area contributed by atoms with Crippen molar-refractivity contribution in [2.75, 3.05) is 11.9 Å². The molecule has 1 aromatic carbocycles. The quantitative estimate of drug-likeness (QED) is 0.856. The first-order chi connectivity index (χ1) is 7.79. The van der Waals surface area contributed by atoms with Gasteiger partial charge in [0.2, 0.25) is 0 Å². The molecule has 0 aliphatic carbocycles. The van der Waals surface area contributed by atoms with Crippen LogP contribution in [0.1, 0.15) is 11.6 Å². The summed E-state index contributed by atoms with van der Waals surface area (Å²) in [5, 5.41) is 16.3. The van der Waals surface area contributed by atoms with Crippen LogP contribution in [0.2, 0.25) is 0 Å². The summed E-state index contributed by atoms with van der Waals surface area (Å²) in [6.45, 7) is -0.0206. The second-order valence-corrected chi connectivity index (χ2v) is 4.23. The average molecular weight is 237 g/mol. The van der Waals surface area contributed by atoms with E-state index < -0.39 is 0 Å². The van der Waals surface area contributed by atoms with Crippen LogP contribution in [0.15, 0.2) is 41.1 Å². The van der Waals surface area contributed by atoms with Crippen molar-refractivity contribution in [1.29, 1.82) is 0 Å². The van der Waals surface area contributed by atoms with Gasteiger partial charge in [-0.3, -0.25) is 0 Å². The number of anilines is 1. The van der Waals surface area contributed by atoms with Gasteiger partial charge in [0.1, 0.15) is 5.82 Å². The summed E-state index contributed by atoms with van der Waals surface area (Å²) in [5.41, 5.74) is 1.68. The van der Waals surface area contributed by atoms with Crippen LogP contribution in [-0.2, 0) is 0 Å². The highest BCUT2D eigenvalue weighted by molar-refractivity contribution is 7.07. The number of halogens is 1. The maximum atomic E-state index is 13.0. The average Bonchev–Trinajstić information content (AvgIpc) is 2.79. The predicted octanol–water partition coefficient (Wildman–Crippen LogP) is 3.03. The van der Waals surface area contributed by atoms with Crippen molar-refractivity contribution in [3.63, 3.8) is 0 Å². The molecule has 0 radical (unpaired) electrons. The molecule has 2 aromatic rings. The van der Waals surface area contributed by atoms with Crippen molar-refractivity contribution < 1.29 is 9.50 Å². The fourth-order valence-electron chi connectivity index (χ4n) is 1.49. The minimum Gasteiger partial charge on any atom is -0.394 e. The number of hydrogen-bond donors (Lipinski definition) is 2. The molecule has 4 heteroatoms. The molecule has 2 nitrogen and oxygen atoms in total. The molecule has 16 heavy (non-hydrogen) atoms. The highest BCUT2D eigenvalue weighted by atomic mass is 32.1. The smallest absolute Gasteiger partial charge is 0.125 e. The molecule has 1 unspecified atom stereocenters. The molecule has 0 aliphatic heterocycles. The molecular weight excluding hydrogens is 225 g/mol. The largest absolute Gasteiger partial charge is 0.394 e. The third-order valence-electron chi connectivity index (χ3n) is 2.29. The second kappa shape index (κ2) is 5.09. The minimum absolute atomic E-state index is 0.0206. The number of thiophene rings is 1. The summed E-state index contributed by atoms with van der Waals surface area (Å²) in [6.07, 6.45) is 0. The molecule has 0 saturated carbocycles. The number of hydrogen-bond acceptors (Lipinski definition) is 3. The Morgan fingerprint density at radius 3 is 2.88 bits per heavy atom. The van der Waals surface area contributed by atoms with Gasteiger partial charge >= 0.3 is 0 Å². The normalized spacial score (nSPS) is 12.4. The first-order valence-electron chi connectivity index (χ1n) is 4.94. The van der Waals surface area contributed by atoms with Gasteiger partial charge in [0.15, 0.2) is 0 Å². The predicted molar refractivity (Wildman–Crippen MR) is 64.2 cm³/mol. The highest BCUT2D eigenvalue weighted by Gasteiger charge is 2.10. The van der Waals surface area contributed by atoms with Crippen LogP contribution < -0.4 is 5.32 Å². The fraction of sp³-hybridized carbons (Fsp3) is 0.167. The summed E-state index contributed by atoms with van der Waals surface area (Å²) in [5.74, 6) is -0.285. The van der Waals surface area contributed by atoms with E-state index in [0.29, 0.717) is 5.69 Å². The third kappa shape index (κ3) is 2.59. The Hall–Kier alpha value is -1.39. The Morgan fingerprint density at radius 2 is 2.25 bits per heavy atom. The molecule has 0 fully saturated rings. The van der Waals surface area contributed by atoms with E-state index in [4.69, 9.17) is 0 Å². The Bertz CT molecular complexity index is 444. The molecule has 0 spiro atoms. The first kappa shape index (κ1) is 11.1. The van der Waals surface area contributed by atoms with Crippen molar-refractivity contribution in [2.45, 2.75) is 6.04 Å². The molecule has 1 aromatic heterocycles. The Labute approximate surface area is 97.4 Å². The van der Waals surface area contributed by atoms with Crippen LogP contribution in [0.25, 0.3) is 0 Å². The summed E-state index contributed by atoms with van der Waals surface area (Å²) in [6, 6.07) is 7.97. The number of aliphatic hydroxyl groups is 1. The Balaban J connectivity index is 2.13. The molecule has 0 saturated heterocycles. The van der Waals surface area contributed by atoms with Crippen LogP contribution in [0.3, 0.4) is 0 Å². The Kier molecular flexibility index (Phi) is 3.54. The van der Waals surface area contributed by atoms with Crippen LogP contribution >= 0.6 is 11.3 Å². The minimum atomic E-state index is -0.285. The van der Waals surface area contributed by atoms with E-state index in [1.165, 1.54) is 12.1 Å². The number of rotatable bonds is 4. The van der Waals surface area contributed by atoms with Gasteiger partial charge in [-0.15, -0.1) is 0 Å². The van der Waals surface area contributed by atoms with E-state index in [9.17, 15) is 9.50 Å². The van der Waals surface area contributed by atoms with Crippen molar-refractivity contribution in [1.82, 2.24) is 0 Å². The lowest BCUT2D eigenvalue weighted by Gasteiger charge is -2.16. The molecule has 1 heterocycles. The van der Waals surface area contributed by atoms with Gasteiger partial charge in [-0.25, -0.2) is 4.39 Å². The lowest BCUT2D eigenvalue weighted by Crippen LogP contribution is -2.14. The molecule has 84 valence electrons. The van der Waals surface area contributed by atoms with E-state index in [2.05, 4.69) is 5.32 Å². The molecule has 2 N–H and O–H groups in total. The summed E-state index contributed by atoms with van der Waals surface area (Å²) in [7, 11) is 0. The Morgan fingerprint density at radius 1 is 1.38 bits per heavy atom. The zero-order valence-electron chi connectivity index (χ0n) is 8.56. The maximum absolute atomic E-state index is 13.0. The summed E-state index contributed by atoms with van der Waals surface area (Å²) >= 11 is 1.57. The zero-order valence-corrected chi connectivity index (χ0v) is 9.38. The van der Waals surface area contributed by atoms with Gasteiger partial charge in [-0.2, -0.15) is 11.3 Å². The standard InChI is InChI=1S/C12H12FNOS/c13-10-2-1-3-11(6-10)14-12(7-15)9-4-5-16-8-9/h1-6,8,12,14-15H,7H2. The van der Waals surface area contributed by atoms with Gasteiger partial charge in [0.05, 0.1) is 12.6 Å². The molecule has 1 atom stereocenters. The van der Waals surface area contributed by atoms with Crippen molar-refractivity contribution in [3.05, 3.63) is 52.5 Å². The van der Waals surface area contributed by atoms with Crippen LogP contribution in [0.5, 0.6) is 0 Å². The lowest BCUT2D eigenvalue weighted by atomic mass is 10.1. The van der Waals surface area contributed by atoms with E-state index in [1.54, 1.807) is 23.5 Å². The number of nitrogens with one attached hydrogen (secondary N) is 1. The zero-order chi connectivity index (χ0) is 11.4. The molecule has 0 bridgehead atoms. The number of benzene rings is 1. The van der Waals surface area contributed by atoms with Crippen molar-refractivity contribution >= 4 is 17.0 Å². The fourth-order valence-corrected chi connectivity index (χ4v) is 2.20. The monoisotopic (exact) mass is 237 g/mol. The summed E-state index contributed by atoms with van der Waals surface area (Å²) < 4.78 is 13.0. The first-order valence-corrected chi connectivity index (χ1v) is 5.89. The third-order valence-corrected chi connectivity index (χ3v) is 3.00. The van der Waals surface area contributed by atoms with E-state index >= 15 is 0 Å². The van der Waals surface area contributed by atoms with Gasteiger partial charge < -0.3 is 10.4 Å². The number of aliphatic hydroxyl groups excluding tert-OH is 1. The topological polar surface area (TPSA) is 32.3 Å². The van der Waals surface area contributed by atoms with Gasteiger partial charge in [0, 0.05) is 5.69 Å². The SMILES string of the molecule is OCC(Nc1cccc(F)c1)c1ccsc1. The lowest BCUT2D eigenvalue weighted by molar-refractivity contribution is 0.276. The molecule has 0 aliphatic rings. The van der Waals surface area contributed by atoms with E-state index in [-0.39, 0.29) is 18.5 Å². The van der Waals surface area contributed by atoms with Gasteiger partial charge in [-0.05, 0) is 40.6 Å². The van der Waals surface area contributed by atoms with Crippen molar-refractivity contribution in [2.24, 2.45) is 0 Å². The van der Waals surface area contributed by atoms with E-state index in [1.807, 2.05) is 16.8 Å². The molecule has 2 rings (SSSR count). The van der Waals surface area contributed by atoms with E-state index in [0.717, 1.165) is 5.56 Å². The van der Waals surface area contributed by atoms with Crippen LogP contribution in [0, 0.1) is 5.82 Å². The molecular formula is C12H12FNOS. The van der Waals surface area contributed by atoms with Crippen LogP contribution in [-0.4, -0.2) is 11.7 Å². The second-order valence-electron chi connectivity index (χ2n) is 3.45. The van der Waals surface area contributed by atoms with Crippen LogP contribution in [0.4, 0.5) is 10.1 Å². The van der Waals surface area contributed by atoms with Gasteiger partial charge in [0.25, 0.3) is 0 Å². The maximum Gasteiger partial charge on any atom is 0.125 e. The van der Waals surface area contributed by atoms with Gasteiger partial charge in [-0.1, -0.05) is 6.07 Å². The summed E-state index contributed by atoms with van der Waals surface area (Å²) in [4.78, 5) is 0. The highest BCUT2D eigenvalue weighted by Crippen LogP contribution is 2.21.